The molecule has 0 fully saturated rings. The van der Waals surface area contributed by atoms with Crippen LogP contribution in [0.15, 0.2) is 27.4 Å². The van der Waals surface area contributed by atoms with E-state index in [1.54, 1.807) is 12.1 Å². The minimum absolute atomic E-state index is 0.0886. The summed E-state index contributed by atoms with van der Waals surface area (Å²) in [5, 5.41) is 10.2. The first-order valence-corrected chi connectivity index (χ1v) is 5.49. The zero-order valence-corrected chi connectivity index (χ0v) is 9.82. The first kappa shape index (κ1) is 11.5. The molecule has 1 aromatic heterocycles. The minimum atomic E-state index is -0.344. The van der Waals surface area contributed by atoms with Gasteiger partial charge in [-0.1, -0.05) is 13.3 Å². The second-order valence-electron chi connectivity index (χ2n) is 3.88. The first-order valence-electron chi connectivity index (χ1n) is 5.49. The summed E-state index contributed by atoms with van der Waals surface area (Å²) in [6, 6.07) is 4.72. The third-order valence-corrected chi connectivity index (χ3v) is 2.59. The zero-order valence-electron chi connectivity index (χ0n) is 9.82. The molecule has 1 N–H and O–H groups in total. The van der Waals surface area contributed by atoms with Gasteiger partial charge in [-0.05, 0) is 18.6 Å². The van der Waals surface area contributed by atoms with E-state index in [4.69, 9.17) is 9.15 Å². The van der Waals surface area contributed by atoms with Crippen molar-refractivity contribution >= 4 is 11.0 Å². The maximum atomic E-state index is 11.7. The number of rotatable bonds is 3. The molecule has 0 saturated heterocycles. The number of benzene rings is 1. The van der Waals surface area contributed by atoms with Gasteiger partial charge in [0.2, 0.25) is 0 Å². The Kier molecular flexibility index (Phi) is 3.04. The SMILES string of the molecule is CCCc1cc2cc(O)cc(OC)c2oc1=O. The Hall–Kier alpha value is -1.97. The highest BCUT2D eigenvalue weighted by Crippen LogP contribution is 2.30. The third-order valence-electron chi connectivity index (χ3n) is 2.59. The van der Waals surface area contributed by atoms with Crippen LogP contribution in [0.5, 0.6) is 11.5 Å². The highest BCUT2D eigenvalue weighted by molar-refractivity contribution is 5.84. The van der Waals surface area contributed by atoms with Gasteiger partial charge in [0, 0.05) is 17.0 Å². The summed E-state index contributed by atoms with van der Waals surface area (Å²) in [5.41, 5.74) is 0.645. The largest absolute Gasteiger partial charge is 0.508 e. The van der Waals surface area contributed by atoms with Crippen molar-refractivity contribution in [3.05, 3.63) is 34.2 Å². The number of hydrogen-bond donors (Lipinski definition) is 1. The molecule has 1 aromatic carbocycles. The molecule has 17 heavy (non-hydrogen) atoms. The molecule has 0 aliphatic heterocycles. The molecule has 4 heteroatoms. The molecule has 4 nitrogen and oxygen atoms in total. The number of aryl methyl sites for hydroxylation is 1. The highest BCUT2D eigenvalue weighted by atomic mass is 16.5. The topological polar surface area (TPSA) is 59.7 Å². The average Bonchev–Trinajstić information content (AvgIpc) is 2.30. The van der Waals surface area contributed by atoms with E-state index in [1.807, 2.05) is 6.92 Å². The van der Waals surface area contributed by atoms with E-state index in [9.17, 15) is 9.90 Å². The summed E-state index contributed by atoms with van der Waals surface area (Å²) < 4.78 is 10.3. The Labute approximate surface area is 98.4 Å². The molecular formula is C13H14O4. The maximum absolute atomic E-state index is 11.7. The highest BCUT2D eigenvalue weighted by Gasteiger charge is 2.10. The quantitative estimate of drug-likeness (QED) is 0.829. The molecule has 0 radical (unpaired) electrons. The molecule has 0 bridgehead atoms. The lowest BCUT2D eigenvalue weighted by molar-refractivity contribution is 0.400. The van der Waals surface area contributed by atoms with Gasteiger partial charge >= 0.3 is 5.63 Å². The van der Waals surface area contributed by atoms with E-state index < -0.39 is 0 Å². The van der Waals surface area contributed by atoms with E-state index in [0.717, 1.165) is 6.42 Å². The fourth-order valence-corrected chi connectivity index (χ4v) is 1.83. The molecule has 90 valence electrons. The summed E-state index contributed by atoms with van der Waals surface area (Å²) in [6.45, 7) is 1.99. The lowest BCUT2D eigenvalue weighted by Crippen LogP contribution is -2.06. The third kappa shape index (κ3) is 2.11. The van der Waals surface area contributed by atoms with Crippen LogP contribution in [0.4, 0.5) is 0 Å². The number of fused-ring (bicyclic) bond motifs is 1. The van der Waals surface area contributed by atoms with E-state index in [-0.39, 0.29) is 11.4 Å². The number of hydrogen-bond acceptors (Lipinski definition) is 4. The zero-order chi connectivity index (χ0) is 12.4. The van der Waals surface area contributed by atoms with Crippen LogP contribution >= 0.6 is 0 Å². The van der Waals surface area contributed by atoms with Crippen LogP contribution in [0.25, 0.3) is 11.0 Å². The molecular weight excluding hydrogens is 220 g/mol. The summed E-state index contributed by atoms with van der Waals surface area (Å²) >= 11 is 0. The van der Waals surface area contributed by atoms with Crippen molar-refractivity contribution in [1.29, 1.82) is 0 Å². The summed E-state index contributed by atoms with van der Waals surface area (Å²) in [4.78, 5) is 11.7. The van der Waals surface area contributed by atoms with Crippen LogP contribution in [0.3, 0.4) is 0 Å². The van der Waals surface area contributed by atoms with E-state index in [2.05, 4.69) is 0 Å². The van der Waals surface area contributed by atoms with Gasteiger partial charge in [0.25, 0.3) is 0 Å². The van der Waals surface area contributed by atoms with Gasteiger partial charge in [-0.2, -0.15) is 0 Å². The van der Waals surface area contributed by atoms with Crippen molar-refractivity contribution in [2.24, 2.45) is 0 Å². The van der Waals surface area contributed by atoms with Crippen molar-refractivity contribution in [1.82, 2.24) is 0 Å². The molecule has 2 aromatic rings. The number of aromatic hydroxyl groups is 1. The first-order chi connectivity index (χ1) is 8.15. The standard InChI is InChI=1S/C13H14O4/c1-3-4-8-5-9-6-10(14)7-11(16-2)12(9)17-13(8)15/h5-7,14H,3-4H2,1-2H3. The normalized spacial score (nSPS) is 10.7. The maximum Gasteiger partial charge on any atom is 0.339 e. The van der Waals surface area contributed by atoms with Crippen LogP contribution in [0.1, 0.15) is 18.9 Å². The molecule has 0 saturated carbocycles. The fourth-order valence-electron chi connectivity index (χ4n) is 1.83. The summed E-state index contributed by atoms with van der Waals surface area (Å²) in [5.74, 6) is 0.450. The smallest absolute Gasteiger partial charge is 0.339 e. The molecule has 1 heterocycles. The van der Waals surface area contributed by atoms with Gasteiger partial charge in [0.1, 0.15) is 5.75 Å². The molecule has 0 amide bonds. The molecule has 0 unspecified atom stereocenters. The van der Waals surface area contributed by atoms with E-state index in [1.165, 1.54) is 13.2 Å². The van der Waals surface area contributed by atoms with Crippen molar-refractivity contribution in [2.45, 2.75) is 19.8 Å². The van der Waals surface area contributed by atoms with Crippen LogP contribution in [-0.4, -0.2) is 12.2 Å². The number of phenolic OH excluding ortho intramolecular Hbond substituents is 1. The number of phenols is 1. The van der Waals surface area contributed by atoms with Gasteiger partial charge in [-0.25, -0.2) is 4.79 Å². The summed E-state index contributed by atoms with van der Waals surface area (Å²) in [7, 11) is 1.47. The van der Waals surface area contributed by atoms with Crippen LogP contribution < -0.4 is 10.4 Å². The van der Waals surface area contributed by atoms with Crippen molar-refractivity contribution < 1.29 is 14.3 Å². The van der Waals surface area contributed by atoms with Crippen molar-refractivity contribution in [2.75, 3.05) is 7.11 Å². The predicted molar refractivity (Wildman–Crippen MR) is 64.7 cm³/mol. The molecule has 0 aliphatic carbocycles. The number of ether oxygens (including phenoxy) is 1. The number of methoxy groups -OCH3 is 1. The van der Waals surface area contributed by atoms with Crippen molar-refractivity contribution in [3.63, 3.8) is 0 Å². The Morgan fingerprint density at radius 2 is 2.12 bits per heavy atom. The molecule has 0 spiro atoms. The van der Waals surface area contributed by atoms with Crippen LogP contribution in [-0.2, 0) is 6.42 Å². The molecule has 2 rings (SSSR count). The van der Waals surface area contributed by atoms with Gasteiger partial charge < -0.3 is 14.3 Å². The predicted octanol–water partition coefficient (Wildman–Crippen LogP) is 2.46. The van der Waals surface area contributed by atoms with Crippen molar-refractivity contribution in [3.8, 4) is 11.5 Å². The lowest BCUT2D eigenvalue weighted by atomic mass is 10.1. The second-order valence-corrected chi connectivity index (χ2v) is 3.88. The van der Waals surface area contributed by atoms with Gasteiger partial charge in [0.05, 0.1) is 7.11 Å². The van der Waals surface area contributed by atoms with Crippen LogP contribution in [0.2, 0.25) is 0 Å². The Morgan fingerprint density at radius 1 is 1.35 bits per heavy atom. The second kappa shape index (κ2) is 4.49. The molecule has 0 atom stereocenters. The summed E-state index contributed by atoms with van der Waals surface area (Å²) in [6.07, 6.45) is 1.53. The van der Waals surface area contributed by atoms with Crippen LogP contribution in [0, 0.1) is 0 Å². The van der Waals surface area contributed by atoms with E-state index >= 15 is 0 Å². The fraction of sp³-hybridized carbons (Fsp3) is 0.308. The Morgan fingerprint density at radius 3 is 2.76 bits per heavy atom. The van der Waals surface area contributed by atoms with Gasteiger partial charge in [-0.3, -0.25) is 0 Å². The minimum Gasteiger partial charge on any atom is -0.508 e. The van der Waals surface area contributed by atoms with Gasteiger partial charge in [-0.15, -0.1) is 0 Å². The van der Waals surface area contributed by atoms with Gasteiger partial charge in [0.15, 0.2) is 11.3 Å². The Balaban J connectivity index is 2.73. The van der Waals surface area contributed by atoms with E-state index in [0.29, 0.717) is 28.7 Å². The monoisotopic (exact) mass is 234 g/mol. The molecule has 0 aliphatic rings. The Bertz CT molecular complexity index is 598. The average molecular weight is 234 g/mol. The lowest BCUT2D eigenvalue weighted by Gasteiger charge is -2.06.